The van der Waals surface area contributed by atoms with E-state index in [-0.39, 0.29) is 0 Å². The number of benzene rings is 2. The molecule has 0 aliphatic carbocycles. The Labute approximate surface area is 142 Å². The van der Waals surface area contributed by atoms with Crippen LogP contribution in [0.15, 0.2) is 24.4 Å². The Morgan fingerprint density at radius 1 is 1.00 bits per heavy atom. The van der Waals surface area contributed by atoms with Gasteiger partial charge in [-0.05, 0) is 23.8 Å². The number of nitrogens with one attached hydrogen (secondary N) is 1. The number of aromatic amines is 1. The molecule has 0 aliphatic heterocycles. The predicted molar refractivity (Wildman–Crippen MR) is 78.9 cm³/mol. The second kappa shape index (κ2) is 6.36. The summed E-state index contributed by atoms with van der Waals surface area (Å²) in [4.78, 5) is 14.7. The van der Waals surface area contributed by atoms with Crippen molar-refractivity contribution in [2.75, 3.05) is 0 Å². The number of fused-ring (bicyclic) bond motifs is 1. The minimum Gasteiger partial charge on any atom is -0.420 e. The smallest absolute Gasteiger partial charge is 0.315 e. The molecule has 0 radical (unpaired) electrons. The molecule has 0 atom stereocenters. The van der Waals surface area contributed by atoms with Gasteiger partial charge in [-0.1, -0.05) is 11.6 Å². The fourth-order valence-corrected chi connectivity index (χ4v) is 2.45. The molecule has 3 aromatic rings. The maximum absolute atomic E-state index is 13.5. The van der Waals surface area contributed by atoms with Crippen LogP contribution in [-0.2, 0) is 11.2 Å². The average molecular weight is 376 g/mol. The summed E-state index contributed by atoms with van der Waals surface area (Å²) in [5.74, 6) is -14.0. The van der Waals surface area contributed by atoms with E-state index in [0.717, 1.165) is 0 Å². The number of H-pyrrole nitrogens is 1. The van der Waals surface area contributed by atoms with Crippen LogP contribution < -0.4 is 4.74 Å². The molecule has 25 heavy (non-hydrogen) atoms. The maximum atomic E-state index is 13.5. The first-order valence-electron chi connectivity index (χ1n) is 6.77. The number of ether oxygens (including phenoxy) is 1. The predicted octanol–water partition coefficient (Wildman–Crippen LogP) is 4.66. The fourth-order valence-electron chi connectivity index (χ4n) is 2.28. The van der Waals surface area contributed by atoms with Crippen molar-refractivity contribution in [3.05, 3.63) is 64.1 Å². The van der Waals surface area contributed by atoms with Gasteiger partial charge in [-0.25, -0.2) is 13.2 Å². The first-order valence-corrected chi connectivity index (χ1v) is 7.15. The zero-order chi connectivity index (χ0) is 18.3. The Kier molecular flexibility index (Phi) is 4.38. The number of rotatable bonds is 3. The number of hydrogen-bond donors (Lipinski definition) is 1. The fraction of sp³-hybridized carbons (Fsp3) is 0.0625. The topological polar surface area (TPSA) is 42.1 Å². The van der Waals surface area contributed by atoms with Crippen molar-refractivity contribution in [2.24, 2.45) is 0 Å². The van der Waals surface area contributed by atoms with Gasteiger partial charge in [0.25, 0.3) is 0 Å². The summed E-state index contributed by atoms with van der Waals surface area (Å²) in [7, 11) is 0. The van der Waals surface area contributed by atoms with E-state index < -0.39 is 47.2 Å². The van der Waals surface area contributed by atoms with Crippen molar-refractivity contribution < 1.29 is 31.5 Å². The largest absolute Gasteiger partial charge is 0.420 e. The molecule has 0 saturated heterocycles. The minimum absolute atomic E-state index is 0.381. The van der Waals surface area contributed by atoms with Crippen molar-refractivity contribution >= 4 is 28.5 Å². The number of aromatic nitrogens is 1. The van der Waals surface area contributed by atoms with Gasteiger partial charge in [0, 0.05) is 22.1 Å². The van der Waals surface area contributed by atoms with Crippen molar-refractivity contribution in [3.8, 4) is 5.75 Å². The third kappa shape index (κ3) is 3.05. The lowest BCUT2D eigenvalue weighted by atomic mass is 10.1. The lowest BCUT2D eigenvalue weighted by Crippen LogP contribution is -2.15. The normalized spacial score (nSPS) is 11.1. The Bertz CT molecular complexity index is 973. The standard InChI is InChI=1S/C16H7ClF5NO2/c17-7-1-2-9-8(4-7)6(5-23-9)3-10(24)25-16-14(21)12(19)11(18)13(20)15(16)22/h1-2,4-5,23H,3H2. The SMILES string of the molecule is O=C(Cc1c[nH]c2ccc(Cl)cc12)Oc1c(F)c(F)c(F)c(F)c1F. The third-order valence-electron chi connectivity index (χ3n) is 3.45. The minimum atomic E-state index is -2.33. The molecule has 3 rings (SSSR count). The summed E-state index contributed by atoms with van der Waals surface area (Å²) in [6.07, 6.45) is 0.973. The molecule has 0 fully saturated rings. The maximum Gasteiger partial charge on any atom is 0.315 e. The molecule has 3 nitrogen and oxygen atoms in total. The van der Waals surface area contributed by atoms with E-state index in [1.54, 1.807) is 18.2 Å². The Balaban J connectivity index is 1.89. The van der Waals surface area contributed by atoms with Crippen molar-refractivity contribution in [1.29, 1.82) is 0 Å². The molecule has 0 spiro atoms. The van der Waals surface area contributed by atoms with Gasteiger partial charge < -0.3 is 9.72 Å². The molecule has 0 saturated carbocycles. The van der Waals surface area contributed by atoms with Crippen LogP contribution in [0.1, 0.15) is 5.56 Å². The molecule has 1 N–H and O–H groups in total. The van der Waals surface area contributed by atoms with E-state index in [1.807, 2.05) is 0 Å². The average Bonchev–Trinajstić information content (AvgIpc) is 2.97. The lowest BCUT2D eigenvalue weighted by molar-refractivity contribution is -0.134. The van der Waals surface area contributed by atoms with E-state index in [0.29, 0.717) is 21.5 Å². The second-order valence-electron chi connectivity index (χ2n) is 5.05. The number of carbonyl (C=O) groups excluding carboxylic acids is 1. The Morgan fingerprint density at radius 3 is 2.24 bits per heavy atom. The second-order valence-corrected chi connectivity index (χ2v) is 5.49. The quantitative estimate of drug-likeness (QED) is 0.238. The zero-order valence-corrected chi connectivity index (χ0v) is 12.9. The molecular formula is C16H7ClF5NO2. The lowest BCUT2D eigenvalue weighted by Gasteiger charge is -2.08. The highest BCUT2D eigenvalue weighted by Crippen LogP contribution is 2.30. The molecule has 0 aliphatic rings. The zero-order valence-electron chi connectivity index (χ0n) is 12.1. The van der Waals surface area contributed by atoms with Gasteiger partial charge in [0.1, 0.15) is 0 Å². The van der Waals surface area contributed by atoms with Crippen LogP contribution in [0.2, 0.25) is 5.02 Å². The molecule has 1 aromatic heterocycles. The van der Waals surface area contributed by atoms with Gasteiger partial charge in [0.15, 0.2) is 0 Å². The molecule has 0 unspecified atom stereocenters. The highest BCUT2D eigenvalue weighted by Gasteiger charge is 2.28. The number of carbonyl (C=O) groups is 1. The summed E-state index contributed by atoms with van der Waals surface area (Å²) in [5.41, 5.74) is 1.02. The van der Waals surface area contributed by atoms with E-state index in [2.05, 4.69) is 9.72 Å². The van der Waals surface area contributed by atoms with Crippen LogP contribution in [0.5, 0.6) is 5.75 Å². The number of halogens is 6. The van der Waals surface area contributed by atoms with Gasteiger partial charge in [0.05, 0.1) is 6.42 Å². The molecule has 0 amide bonds. The van der Waals surface area contributed by atoms with Crippen LogP contribution in [0.3, 0.4) is 0 Å². The summed E-state index contributed by atoms with van der Waals surface area (Å²) in [6.45, 7) is 0. The van der Waals surface area contributed by atoms with Gasteiger partial charge in [-0.3, -0.25) is 4.79 Å². The van der Waals surface area contributed by atoms with E-state index in [1.165, 1.54) is 6.20 Å². The summed E-state index contributed by atoms with van der Waals surface area (Å²) >= 11 is 5.86. The third-order valence-corrected chi connectivity index (χ3v) is 3.68. The van der Waals surface area contributed by atoms with Gasteiger partial charge in [-0.2, -0.15) is 8.78 Å². The molecule has 2 aromatic carbocycles. The first-order chi connectivity index (χ1) is 11.8. The van der Waals surface area contributed by atoms with Crippen molar-refractivity contribution in [1.82, 2.24) is 4.98 Å². The highest BCUT2D eigenvalue weighted by molar-refractivity contribution is 6.31. The van der Waals surface area contributed by atoms with Gasteiger partial charge in [0.2, 0.25) is 34.8 Å². The van der Waals surface area contributed by atoms with Crippen LogP contribution in [0, 0.1) is 29.1 Å². The molecule has 9 heteroatoms. The molecule has 130 valence electrons. The van der Waals surface area contributed by atoms with Crippen LogP contribution >= 0.6 is 11.6 Å². The number of hydrogen-bond acceptors (Lipinski definition) is 2. The monoisotopic (exact) mass is 375 g/mol. The van der Waals surface area contributed by atoms with Crippen LogP contribution in [0.4, 0.5) is 22.0 Å². The van der Waals surface area contributed by atoms with Crippen molar-refractivity contribution in [2.45, 2.75) is 6.42 Å². The summed E-state index contributed by atoms with van der Waals surface area (Å²) in [6, 6.07) is 4.81. The summed E-state index contributed by atoms with van der Waals surface area (Å²) in [5, 5.41) is 0.948. The summed E-state index contributed by atoms with van der Waals surface area (Å²) < 4.78 is 70.6. The van der Waals surface area contributed by atoms with Gasteiger partial charge in [-0.15, -0.1) is 0 Å². The highest BCUT2D eigenvalue weighted by atomic mass is 35.5. The van der Waals surface area contributed by atoms with E-state index in [4.69, 9.17) is 11.6 Å². The van der Waals surface area contributed by atoms with E-state index in [9.17, 15) is 26.7 Å². The molecule has 1 heterocycles. The van der Waals surface area contributed by atoms with Crippen LogP contribution in [0.25, 0.3) is 10.9 Å². The Hall–Kier alpha value is -2.61. The van der Waals surface area contributed by atoms with Crippen molar-refractivity contribution in [3.63, 3.8) is 0 Å². The number of esters is 1. The molecule has 0 bridgehead atoms. The first kappa shape index (κ1) is 17.2. The Morgan fingerprint density at radius 2 is 1.60 bits per heavy atom. The van der Waals surface area contributed by atoms with Gasteiger partial charge >= 0.3 is 5.97 Å². The van der Waals surface area contributed by atoms with E-state index >= 15 is 0 Å². The molecular weight excluding hydrogens is 369 g/mol. The van der Waals surface area contributed by atoms with Crippen LogP contribution in [-0.4, -0.2) is 11.0 Å².